The number of nitrogens with one attached hydrogen (secondary N) is 2. The van der Waals surface area contributed by atoms with E-state index in [1.807, 2.05) is 27.0 Å². The lowest BCUT2D eigenvalue weighted by Crippen LogP contribution is -2.32. The molecule has 0 saturated carbocycles. The fraction of sp³-hybridized carbons (Fsp3) is 0.412. The quantitative estimate of drug-likeness (QED) is 0.785. The highest BCUT2D eigenvalue weighted by Gasteiger charge is 2.15. The first-order valence-electron chi connectivity index (χ1n) is 7.72. The lowest BCUT2D eigenvalue weighted by atomic mass is 10.1. The van der Waals surface area contributed by atoms with Crippen molar-refractivity contribution in [2.45, 2.75) is 32.4 Å². The van der Waals surface area contributed by atoms with Crippen LogP contribution in [0.4, 0.5) is 10.6 Å². The number of methoxy groups -OCH3 is 1. The second-order valence-corrected chi connectivity index (χ2v) is 6.44. The van der Waals surface area contributed by atoms with Gasteiger partial charge >= 0.3 is 6.03 Å². The van der Waals surface area contributed by atoms with Crippen LogP contribution in [-0.4, -0.2) is 34.6 Å². The number of hydrogen-bond donors (Lipinski definition) is 3. The number of carbonyl (C=O) groups excluding carboxylic acids is 1. The van der Waals surface area contributed by atoms with Crippen molar-refractivity contribution in [1.82, 2.24) is 15.1 Å². The molecule has 0 fully saturated rings. The molecule has 3 N–H and O–H groups in total. The van der Waals surface area contributed by atoms with E-state index in [0.29, 0.717) is 17.1 Å². The SMILES string of the molecule is COc1ccc(C(O)CNC(=O)Nc2ccn(C(C)(C)C)n2)cc1. The summed E-state index contributed by atoms with van der Waals surface area (Å²) in [7, 11) is 1.58. The van der Waals surface area contributed by atoms with E-state index in [0.717, 1.165) is 0 Å². The molecule has 0 spiro atoms. The van der Waals surface area contributed by atoms with E-state index < -0.39 is 12.1 Å². The van der Waals surface area contributed by atoms with Gasteiger partial charge in [0, 0.05) is 18.8 Å². The lowest BCUT2D eigenvalue weighted by Gasteiger charge is -2.18. The first-order valence-corrected chi connectivity index (χ1v) is 7.72. The van der Waals surface area contributed by atoms with Gasteiger partial charge in [-0.1, -0.05) is 12.1 Å². The van der Waals surface area contributed by atoms with E-state index in [1.54, 1.807) is 42.1 Å². The molecule has 0 saturated heterocycles. The largest absolute Gasteiger partial charge is 0.497 e. The summed E-state index contributed by atoms with van der Waals surface area (Å²) < 4.78 is 6.84. The molecule has 1 heterocycles. The van der Waals surface area contributed by atoms with Crippen molar-refractivity contribution in [2.75, 3.05) is 19.0 Å². The van der Waals surface area contributed by atoms with E-state index in [1.165, 1.54) is 0 Å². The molecule has 1 aromatic heterocycles. The molecule has 1 unspecified atom stereocenters. The van der Waals surface area contributed by atoms with Crippen LogP contribution in [0, 0.1) is 0 Å². The van der Waals surface area contributed by atoms with Gasteiger partial charge < -0.3 is 15.2 Å². The number of amides is 2. The molecule has 2 aromatic rings. The van der Waals surface area contributed by atoms with Crippen LogP contribution in [0.25, 0.3) is 0 Å². The van der Waals surface area contributed by atoms with Crippen molar-refractivity contribution < 1.29 is 14.6 Å². The zero-order chi connectivity index (χ0) is 17.7. The van der Waals surface area contributed by atoms with Gasteiger partial charge in [0.05, 0.1) is 18.8 Å². The van der Waals surface area contributed by atoms with Crippen LogP contribution in [0.3, 0.4) is 0 Å². The summed E-state index contributed by atoms with van der Waals surface area (Å²) in [6.07, 6.45) is 1.01. The number of carbonyl (C=O) groups is 1. The summed E-state index contributed by atoms with van der Waals surface area (Å²) >= 11 is 0. The van der Waals surface area contributed by atoms with Crippen molar-refractivity contribution in [1.29, 1.82) is 0 Å². The van der Waals surface area contributed by atoms with Gasteiger partial charge in [0.2, 0.25) is 0 Å². The monoisotopic (exact) mass is 332 g/mol. The number of benzene rings is 1. The fourth-order valence-corrected chi connectivity index (χ4v) is 2.06. The minimum atomic E-state index is -0.797. The molecule has 2 rings (SSSR count). The van der Waals surface area contributed by atoms with Crippen molar-refractivity contribution in [3.63, 3.8) is 0 Å². The van der Waals surface area contributed by atoms with Gasteiger partial charge in [-0.15, -0.1) is 0 Å². The number of aliphatic hydroxyl groups is 1. The van der Waals surface area contributed by atoms with Crippen LogP contribution < -0.4 is 15.4 Å². The van der Waals surface area contributed by atoms with Gasteiger partial charge in [-0.3, -0.25) is 10.00 Å². The smallest absolute Gasteiger partial charge is 0.320 e. The van der Waals surface area contributed by atoms with Crippen molar-refractivity contribution in [2.24, 2.45) is 0 Å². The first-order chi connectivity index (χ1) is 11.3. The number of aliphatic hydroxyl groups excluding tert-OH is 1. The topological polar surface area (TPSA) is 88.4 Å². The van der Waals surface area contributed by atoms with E-state index in [2.05, 4.69) is 15.7 Å². The Balaban J connectivity index is 1.85. The summed E-state index contributed by atoms with van der Waals surface area (Å²) in [4.78, 5) is 11.9. The van der Waals surface area contributed by atoms with E-state index in [9.17, 15) is 9.90 Å². The maximum absolute atomic E-state index is 11.9. The molecule has 0 bridgehead atoms. The summed E-state index contributed by atoms with van der Waals surface area (Å²) in [5.41, 5.74) is 0.550. The Kier molecular flexibility index (Phi) is 5.46. The zero-order valence-corrected chi connectivity index (χ0v) is 14.4. The third kappa shape index (κ3) is 4.73. The maximum Gasteiger partial charge on any atom is 0.320 e. The minimum absolute atomic E-state index is 0.0954. The Morgan fingerprint density at radius 2 is 1.96 bits per heavy atom. The molecule has 0 aliphatic carbocycles. The maximum atomic E-state index is 11.9. The number of hydrogen-bond acceptors (Lipinski definition) is 4. The lowest BCUT2D eigenvalue weighted by molar-refractivity contribution is 0.175. The van der Waals surface area contributed by atoms with E-state index >= 15 is 0 Å². The molecule has 24 heavy (non-hydrogen) atoms. The normalized spacial score (nSPS) is 12.5. The molecule has 0 aliphatic heterocycles. The van der Waals surface area contributed by atoms with Crippen molar-refractivity contribution in [3.8, 4) is 5.75 Å². The predicted molar refractivity (Wildman–Crippen MR) is 92.2 cm³/mol. The summed E-state index contributed by atoms with van der Waals surface area (Å²) in [6.45, 7) is 6.16. The van der Waals surface area contributed by atoms with Crippen LogP contribution in [-0.2, 0) is 5.54 Å². The predicted octanol–water partition coefficient (Wildman–Crippen LogP) is 2.50. The Morgan fingerprint density at radius 3 is 2.50 bits per heavy atom. The second kappa shape index (κ2) is 7.35. The van der Waals surface area contributed by atoms with Crippen molar-refractivity contribution in [3.05, 3.63) is 42.1 Å². The number of ether oxygens (including phenoxy) is 1. The zero-order valence-electron chi connectivity index (χ0n) is 14.4. The van der Waals surface area contributed by atoms with Crippen LogP contribution in [0.5, 0.6) is 5.75 Å². The highest BCUT2D eigenvalue weighted by Crippen LogP contribution is 2.17. The Labute approximate surface area is 141 Å². The Hall–Kier alpha value is -2.54. The summed E-state index contributed by atoms with van der Waals surface area (Å²) in [5, 5.41) is 19.7. The molecule has 0 aliphatic rings. The van der Waals surface area contributed by atoms with E-state index in [4.69, 9.17) is 4.74 Å². The molecule has 1 atom stereocenters. The van der Waals surface area contributed by atoms with Gasteiger partial charge in [-0.2, -0.15) is 5.10 Å². The Morgan fingerprint density at radius 1 is 1.29 bits per heavy atom. The highest BCUT2D eigenvalue weighted by atomic mass is 16.5. The fourth-order valence-electron chi connectivity index (χ4n) is 2.06. The number of aromatic nitrogens is 2. The number of nitrogens with zero attached hydrogens (tertiary/aromatic N) is 2. The second-order valence-electron chi connectivity index (χ2n) is 6.44. The average Bonchev–Trinajstić information content (AvgIpc) is 3.01. The highest BCUT2D eigenvalue weighted by molar-refractivity contribution is 5.88. The molecule has 1 aromatic carbocycles. The number of anilines is 1. The van der Waals surface area contributed by atoms with Crippen LogP contribution in [0.15, 0.2) is 36.5 Å². The van der Waals surface area contributed by atoms with Gasteiger partial charge in [-0.05, 0) is 38.5 Å². The Bertz CT molecular complexity index is 674. The molecule has 7 nitrogen and oxygen atoms in total. The number of urea groups is 1. The standard InChI is InChI=1S/C17H24N4O3/c1-17(2,3)21-10-9-15(20-21)19-16(23)18-11-14(22)12-5-7-13(24-4)8-6-12/h5-10,14,22H,11H2,1-4H3,(H2,18,19,20,23). The molecule has 0 radical (unpaired) electrons. The van der Waals surface area contributed by atoms with Gasteiger partial charge in [0.1, 0.15) is 5.75 Å². The number of rotatable bonds is 5. The molecule has 130 valence electrons. The van der Waals surface area contributed by atoms with Gasteiger partial charge in [0.25, 0.3) is 0 Å². The average molecular weight is 332 g/mol. The molecular formula is C17H24N4O3. The van der Waals surface area contributed by atoms with Gasteiger partial charge in [0.15, 0.2) is 5.82 Å². The third-order valence-electron chi connectivity index (χ3n) is 3.47. The van der Waals surface area contributed by atoms with Gasteiger partial charge in [-0.25, -0.2) is 4.79 Å². The molecule has 2 amide bonds. The third-order valence-corrected chi connectivity index (χ3v) is 3.47. The summed E-state index contributed by atoms with van der Waals surface area (Å²) in [5.74, 6) is 1.17. The first kappa shape index (κ1) is 17.8. The minimum Gasteiger partial charge on any atom is -0.497 e. The molecule has 7 heteroatoms. The van der Waals surface area contributed by atoms with Crippen molar-refractivity contribution >= 4 is 11.8 Å². The molecular weight excluding hydrogens is 308 g/mol. The van der Waals surface area contributed by atoms with E-state index in [-0.39, 0.29) is 12.1 Å². The van der Waals surface area contributed by atoms with Crippen LogP contribution in [0.1, 0.15) is 32.4 Å². The van der Waals surface area contributed by atoms with Crippen LogP contribution >= 0.6 is 0 Å². The summed E-state index contributed by atoms with van der Waals surface area (Å²) in [6, 6.07) is 8.35. The van der Waals surface area contributed by atoms with Crippen LogP contribution in [0.2, 0.25) is 0 Å².